The Morgan fingerprint density at radius 1 is 1.24 bits per heavy atom. The van der Waals surface area contributed by atoms with Crippen molar-refractivity contribution in [3.8, 4) is 5.75 Å². The highest BCUT2D eigenvalue weighted by atomic mass is 79.9. The van der Waals surface area contributed by atoms with Gasteiger partial charge in [-0.3, -0.25) is 0 Å². The first kappa shape index (κ1) is 15.4. The zero-order valence-electron chi connectivity index (χ0n) is 11.9. The molecule has 110 valence electrons. The van der Waals surface area contributed by atoms with E-state index >= 15 is 0 Å². The highest BCUT2D eigenvalue weighted by molar-refractivity contribution is 9.10. The molecule has 5 heteroatoms. The van der Waals surface area contributed by atoms with Crippen LogP contribution in [0.2, 0.25) is 0 Å². The molecule has 0 aliphatic carbocycles. The highest BCUT2D eigenvalue weighted by Crippen LogP contribution is 2.26. The van der Waals surface area contributed by atoms with Crippen molar-refractivity contribution in [2.75, 3.05) is 12.8 Å². The molecule has 0 aliphatic rings. The third-order valence-corrected chi connectivity index (χ3v) is 3.69. The van der Waals surface area contributed by atoms with Gasteiger partial charge in [0.1, 0.15) is 12.4 Å². The molecule has 2 aromatic carbocycles. The van der Waals surface area contributed by atoms with Crippen molar-refractivity contribution in [2.45, 2.75) is 13.5 Å². The van der Waals surface area contributed by atoms with Crippen LogP contribution < -0.4 is 10.5 Å². The number of nitrogen functional groups attached to an aromatic ring is 1. The van der Waals surface area contributed by atoms with Gasteiger partial charge in [0.05, 0.1) is 17.1 Å². The number of aryl methyl sites for hydroxylation is 1. The molecule has 0 radical (unpaired) electrons. The molecular weight excluding hydrogens is 334 g/mol. The van der Waals surface area contributed by atoms with Crippen LogP contribution in [0.5, 0.6) is 5.75 Å². The molecule has 2 N–H and O–H groups in total. The number of hydrogen-bond donors (Lipinski definition) is 1. The van der Waals surface area contributed by atoms with Crippen LogP contribution in [0.1, 0.15) is 21.5 Å². The molecule has 0 amide bonds. The third kappa shape index (κ3) is 3.76. The van der Waals surface area contributed by atoms with Gasteiger partial charge in [-0.2, -0.15) is 0 Å². The van der Waals surface area contributed by atoms with Crippen molar-refractivity contribution in [2.24, 2.45) is 0 Å². The number of anilines is 1. The molecule has 0 atom stereocenters. The Kier molecular flexibility index (Phi) is 4.85. The van der Waals surface area contributed by atoms with E-state index in [-0.39, 0.29) is 12.6 Å². The van der Waals surface area contributed by atoms with Gasteiger partial charge < -0.3 is 15.2 Å². The van der Waals surface area contributed by atoms with E-state index < -0.39 is 0 Å². The number of carbonyl (C=O) groups excluding carboxylic acids is 1. The number of hydrogen-bond acceptors (Lipinski definition) is 4. The molecule has 2 aromatic rings. The molecule has 0 saturated carbocycles. The van der Waals surface area contributed by atoms with E-state index in [2.05, 4.69) is 15.9 Å². The first-order valence-electron chi connectivity index (χ1n) is 6.37. The van der Waals surface area contributed by atoms with Crippen molar-refractivity contribution in [3.05, 3.63) is 57.6 Å². The summed E-state index contributed by atoms with van der Waals surface area (Å²) in [4.78, 5) is 12.1. The summed E-state index contributed by atoms with van der Waals surface area (Å²) in [7, 11) is 1.60. The van der Waals surface area contributed by atoms with Gasteiger partial charge in [0.15, 0.2) is 0 Å². The molecule has 2 rings (SSSR count). The molecule has 0 heterocycles. The van der Waals surface area contributed by atoms with Crippen LogP contribution in [0, 0.1) is 6.92 Å². The molecule has 0 saturated heterocycles. The van der Waals surface area contributed by atoms with Crippen LogP contribution in [0.3, 0.4) is 0 Å². The lowest BCUT2D eigenvalue weighted by molar-refractivity contribution is 0.0472. The third-order valence-electron chi connectivity index (χ3n) is 3.07. The Balaban J connectivity index is 2.07. The molecule has 4 nitrogen and oxygen atoms in total. The second kappa shape index (κ2) is 6.63. The summed E-state index contributed by atoms with van der Waals surface area (Å²) < 4.78 is 11.3. The minimum atomic E-state index is -0.383. The van der Waals surface area contributed by atoms with Crippen LogP contribution in [-0.2, 0) is 11.3 Å². The van der Waals surface area contributed by atoms with Crippen LogP contribution >= 0.6 is 15.9 Å². The monoisotopic (exact) mass is 349 g/mol. The van der Waals surface area contributed by atoms with E-state index in [0.717, 1.165) is 21.3 Å². The normalized spacial score (nSPS) is 10.2. The first-order valence-corrected chi connectivity index (χ1v) is 7.16. The Hall–Kier alpha value is -2.01. The Morgan fingerprint density at radius 2 is 2.00 bits per heavy atom. The molecule has 0 aliphatic heterocycles. The van der Waals surface area contributed by atoms with Gasteiger partial charge in [-0.25, -0.2) is 4.79 Å². The summed E-state index contributed by atoms with van der Waals surface area (Å²) in [6, 6.07) is 10.7. The minimum absolute atomic E-state index is 0.190. The van der Waals surface area contributed by atoms with Crippen LogP contribution in [-0.4, -0.2) is 13.1 Å². The number of nitrogens with two attached hydrogens (primary N) is 1. The Labute approximate surface area is 132 Å². The number of ether oxygens (including phenoxy) is 2. The topological polar surface area (TPSA) is 61.5 Å². The van der Waals surface area contributed by atoms with E-state index in [1.807, 2.05) is 25.1 Å². The van der Waals surface area contributed by atoms with Gasteiger partial charge in [-0.1, -0.05) is 12.1 Å². The van der Waals surface area contributed by atoms with Crippen LogP contribution in [0.15, 0.2) is 40.9 Å². The maximum atomic E-state index is 12.1. The van der Waals surface area contributed by atoms with Crippen LogP contribution in [0.4, 0.5) is 5.69 Å². The summed E-state index contributed by atoms with van der Waals surface area (Å²) in [6.07, 6.45) is 0. The van der Waals surface area contributed by atoms with E-state index in [0.29, 0.717) is 11.3 Å². The SMILES string of the molecule is COc1ccc(COC(=O)c2cc(N)ccc2C)cc1Br. The number of halogens is 1. The van der Waals surface area contributed by atoms with Gasteiger partial charge in [0.2, 0.25) is 0 Å². The lowest BCUT2D eigenvalue weighted by Gasteiger charge is -2.09. The number of rotatable bonds is 4. The molecule has 0 unspecified atom stereocenters. The predicted octanol–water partition coefficient (Wildman–Crippen LogP) is 3.71. The van der Waals surface area contributed by atoms with Crippen molar-refractivity contribution >= 4 is 27.6 Å². The molecule has 0 bridgehead atoms. The summed E-state index contributed by atoms with van der Waals surface area (Å²) in [6.45, 7) is 2.04. The molecular formula is C16H16BrNO3. The van der Waals surface area contributed by atoms with E-state index in [1.54, 1.807) is 25.3 Å². The predicted molar refractivity (Wildman–Crippen MR) is 85.4 cm³/mol. The largest absolute Gasteiger partial charge is 0.496 e. The summed E-state index contributed by atoms with van der Waals surface area (Å²) >= 11 is 3.40. The van der Waals surface area contributed by atoms with Gasteiger partial charge in [-0.15, -0.1) is 0 Å². The summed E-state index contributed by atoms with van der Waals surface area (Å²) in [5.74, 6) is 0.350. The van der Waals surface area contributed by atoms with E-state index in [4.69, 9.17) is 15.2 Å². The fraction of sp³-hybridized carbons (Fsp3) is 0.188. The number of methoxy groups -OCH3 is 1. The zero-order valence-corrected chi connectivity index (χ0v) is 13.4. The lowest BCUT2D eigenvalue weighted by atomic mass is 10.1. The van der Waals surface area contributed by atoms with Crippen molar-refractivity contribution in [1.29, 1.82) is 0 Å². The fourth-order valence-electron chi connectivity index (χ4n) is 1.89. The minimum Gasteiger partial charge on any atom is -0.496 e. The Morgan fingerprint density at radius 3 is 2.67 bits per heavy atom. The fourth-order valence-corrected chi connectivity index (χ4v) is 2.47. The maximum Gasteiger partial charge on any atom is 0.338 e. The highest BCUT2D eigenvalue weighted by Gasteiger charge is 2.11. The maximum absolute atomic E-state index is 12.1. The average Bonchev–Trinajstić information content (AvgIpc) is 2.47. The van der Waals surface area contributed by atoms with Gasteiger partial charge in [0, 0.05) is 5.69 Å². The smallest absolute Gasteiger partial charge is 0.338 e. The molecule has 21 heavy (non-hydrogen) atoms. The first-order chi connectivity index (χ1) is 10.0. The van der Waals surface area contributed by atoms with Crippen molar-refractivity contribution in [3.63, 3.8) is 0 Å². The zero-order chi connectivity index (χ0) is 15.4. The molecule has 0 spiro atoms. The van der Waals surface area contributed by atoms with Gasteiger partial charge >= 0.3 is 5.97 Å². The van der Waals surface area contributed by atoms with E-state index in [9.17, 15) is 4.79 Å². The van der Waals surface area contributed by atoms with Crippen molar-refractivity contribution < 1.29 is 14.3 Å². The standard InChI is InChI=1S/C16H16BrNO3/c1-10-3-5-12(18)8-13(10)16(19)21-9-11-4-6-15(20-2)14(17)7-11/h3-8H,9,18H2,1-2H3. The van der Waals surface area contributed by atoms with Crippen LogP contribution in [0.25, 0.3) is 0 Å². The quantitative estimate of drug-likeness (QED) is 0.675. The Bertz CT molecular complexity index is 671. The van der Waals surface area contributed by atoms with Gasteiger partial charge in [-0.05, 0) is 58.2 Å². The van der Waals surface area contributed by atoms with Gasteiger partial charge in [0.25, 0.3) is 0 Å². The number of esters is 1. The second-order valence-electron chi connectivity index (χ2n) is 4.62. The average molecular weight is 350 g/mol. The van der Waals surface area contributed by atoms with Crippen molar-refractivity contribution in [1.82, 2.24) is 0 Å². The molecule has 0 fully saturated rings. The summed E-state index contributed by atoms with van der Waals surface area (Å²) in [5.41, 5.74) is 8.44. The summed E-state index contributed by atoms with van der Waals surface area (Å²) in [5, 5.41) is 0. The van der Waals surface area contributed by atoms with E-state index in [1.165, 1.54) is 0 Å². The molecule has 0 aromatic heterocycles. The second-order valence-corrected chi connectivity index (χ2v) is 5.47. The number of carbonyl (C=O) groups is 1. The number of benzene rings is 2. The lowest BCUT2D eigenvalue weighted by Crippen LogP contribution is -2.08.